The summed E-state index contributed by atoms with van der Waals surface area (Å²) in [4.78, 5) is 10.6. The van der Waals surface area contributed by atoms with E-state index < -0.39 is 12.1 Å². The average Bonchev–Trinajstić information content (AvgIpc) is 3.19. The van der Waals surface area contributed by atoms with Crippen molar-refractivity contribution in [2.45, 2.75) is 90.3 Å². The fraction of sp³-hybridized carbons (Fsp3) is 0.800. The lowest BCUT2D eigenvalue weighted by Crippen LogP contribution is -2.28. The number of carboxylic acid groups (broad SMARTS) is 1. The van der Waals surface area contributed by atoms with Gasteiger partial charge in [0.15, 0.2) is 0 Å². The molecule has 29 heavy (non-hydrogen) atoms. The highest BCUT2D eigenvalue weighted by Gasteiger charge is 2.45. The molecule has 0 aromatic heterocycles. The lowest BCUT2D eigenvalue weighted by Gasteiger charge is -2.33. The zero-order valence-corrected chi connectivity index (χ0v) is 18.2. The van der Waals surface area contributed by atoms with E-state index in [-0.39, 0.29) is 18.4 Å². The largest absolute Gasteiger partial charge is 0.481 e. The van der Waals surface area contributed by atoms with Crippen molar-refractivity contribution >= 4 is 5.97 Å². The van der Waals surface area contributed by atoms with E-state index in [4.69, 9.17) is 5.11 Å². The fourth-order valence-electron chi connectivity index (χ4n) is 6.08. The zero-order chi connectivity index (χ0) is 21.0. The van der Waals surface area contributed by atoms with Gasteiger partial charge in [0.25, 0.3) is 0 Å². The van der Waals surface area contributed by atoms with Crippen LogP contribution in [0.5, 0.6) is 0 Å². The van der Waals surface area contributed by atoms with Gasteiger partial charge in [-0.25, -0.2) is 0 Å². The Morgan fingerprint density at radius 3 is 2.66 bits per heavy atom. The maximum atomic E-state index is 10.8. The van der Waals surface area contributed by atoms with Crippen LogP contribution in [0.1, 0.15) is 78.1 Å². The molecule has 4 nitrogen and oxygen atoms in total. The molecule has 0 heterocycles. The van der Waals surface area contributed by atoms with E-state index in [0.717, 1.165) is 44.4 Å². The lowest BCUT2D eigenvalue weighted by molar-refractivity contribution is -0.137. The van der Waals surface area contributed by atoms with Crippen LogP contribution in [0, 0.1) is 35.5 Å². The third-order valence-electron chi connectivity index (χ3n) is 7.85. The minimum Gasteiger partial charge on any atom is -0.481 e. The first-order valence-electron chi connectivity index (χ1n) is 11.8. The summed E-state index contributed by atoms with van der Waals surface area (Å²) in [6.07, 6.45) is 15.0. The lowest BCUT2D eigenvalue weighted by atomic mass is 9.74. The molecule has 3 N–H and O–H groups in total. The summed E-state index contributed by atoms with van der Waals surface area (Å²) in [5, 5.41) is 30.1. The molecular formula is C25H40O4. The smallest absolute Gasteiger partial charge is 0.303 e. The van der Waals surface area contributed by atoms with Crippen LogP contribution in [0.25, 0.3) is 0 Å². The highest BCUT2D eigenvalue weighted by atomic mass is 16.4. The predicted molar refractivity (Wildman–Crippen MR) is 115 cm³/mol. The number of fused-ring (bicyclic) bond motifs is 1. The highest BCUT2D eigenvalue weighted by molar-refractivity contribution is 5.66. The zero-order valence-electron chi connectivity index (χ0n) is 18.2. The normalized spacial score (nSPS) is 37.5. The van der Waals surface area contributed by atoms with E-state index >= 15 is 0 Å². The van der Waals surface area contributed by atoms with Gasteiger partial charge >= 0.3 is 5.97 Å². The Labute approximate surface area is 176 Å². The van der Waals surface area contributed by atoms with Gasteiger partial charge in [-0.2, -0.15) is 0 Å². The third-order valence-corrected chi connectivity index (χ3v) is 7.85. The van der Waals surface area contributed by atoms with Crippen molar-refractivity contribution in [1.29, 1.82) is 0 Å². The second kappa shape index (κ2) is 10.3. The summed E-state index contributed by atoms with van der Waals surface area (Å²) in [6.45, 7) is 4.58. The number of hydrogen-bond donors (Lipinski definition) is 3. The Bertz CT molecular complexity index is 608. The molecule has 0 aromatic carbocycles. The number of allylic oxidation sites excluding steroid dienone is 2. The Kier molecular flexibility index (Phi) is 7.98. The van der Waals surface area contributed by atoms with Crippen LogP contribution < -0.4 is 0 Å². The quantitative estimate of drug-likeness (QED) is 0.395. The molecule has 0 aromatic rings. The molecule has 3 saturated carbocycles. The third kappa shape index (κ3) is 5.95. The van der Waals surface area contributed by atoms with Gasteiger partial charge in [0.2, 0.25) is 0 Å². The molecule has 3 aliphatic carbocycles. The molecule has 0 amide bonds. The molecule has 7 atom stereocenters. The molecule has 4 heteroatoms. The van der Waals surface area contributed by atoms with Crippen molar-refractivity contribution in [3.05, 3.63) is 23.8 Å². The van der Waals surface area contributed by atoms with Crippen LogP contribution in [0.15, 0.2) is 23.8 Å². The molecule has 0 bridgehead atoms. The summed E-state index contributed by atoms with van der Waals surface area (Å²) in [5.41, 5.74) is 1.43. The minimum atomic E-state index is -0.726. The number of aliphatic hydroxyl groups is 2. The summed E-state index contributed by atoms with van der Waals surface area (Å²) in [5.74, 6) is 2.18. The van der Waals surface area contributed by atoms with E-state index in [0.29, 0.717) is 30.1 Å². The van der Waals surface area contributed by atoms with Crippen LogP contribution in [0.4, 0.5) is 0 Å². The van der Waals surface area contributed by atoms with Crippen molar-refractivity contribution in [3.8, 4) is 0 Å². The molecular weight excluding hydrogens is 364 g/mol. The topological polar surface area (TPSA) is 77.8 Å². The number of hydrogen-bond acceptors (Lipinski definition) is 3. The SMILES string of the molecule is CC(C)C1CCCC([C@@H](O)/C=C/[C@@H]2[C@H]3C/C(=C/CCCC(=O)O)C[C@@H]3C[C@H]2O)C1. The Balaban J connectivity index is 1.53. The second-order valence-corrected chi connectivity index (χ2v) is 10.2. The first-order chi connectivity index (χ1) is 13.8. The van der Waals surface area contributed by atoms with E-state index in [9.17, 15) is 15.0 Å². The number of rotatable bonds is 8. The number of aliphatic hydroxyl groups excluding tert-OH is 2. The van der Waals surface area contributed by atoms with Gasteiger partial charge in [-0.15, -0.1) is 0 Å². The monoisotopic (exact) mass is 404 g/mol. The molecule has 164 valence electrons. The standard InChI is InChI=1S/C25H40O4/c1-16(2)18-7-5-8-19(14-18)23(26)11-10-21-22-13-17(6-3-4-9-25(28)29)12-20(22)15-24(21)27/h6,10-11,16,18-24,26-27H,3-5,7-9,12-15H2,1-2H3,(H,28,29)/b11-10+,17-6+/t18?,19?,20-,21-,22+,23+,24-/m1/s1. The number of carboxylic acids is 1. The molecule has 3 rings (SSSR count). The van der Waals surface area contributed by atoms with E-state index in [1.54, 1.807) is 0 Å². The van der Waals surface area contributed by atoms with Gasteiger partial charge in [-0.3, -0.25) is 4.79 Å². The maximum Gasteiger partial charge on any atom is 0.303 e. The van der Waals surface area contributed by atoms with Crippen LogP contribution >= 0.6 is 0 Å². The molecule has 0 saturated heterocycles. The number of unbranched alkanes of at least 4 members (excludes halogenated alkanes) is 1. The highest BCUT2D eigenvalue weighted by Crippen LogP contribution is 2.50. The van der Waals surface area contributed by atoms with Crippen LogP contribution in [-0.2, 0) is 4.79 Å². The van der Waals surface area contributed by atoms with Crippen molar-refractivity contribution in [1.82, 2.24) is 0 Å². The molecule has 0 aliphatic heterocycles. The first kappa shape index (κ1) is 22.6. The van der Waals surface area contributed by atoms with Gasteiger partial charge in [0.1, 0.15) is 0 Å². The van der Waals surface area contributed by atoms with Crippen molar-refractivity contribution in [3.63, 3.8) is 0 Å². The Morgan fingerprint density at radius 2 is 1.93 bits per heavy atom. The van der Waals surface area contributed by atoms with Gasteiger partial charge in [0, 0.05) is 12.3 Å². The molecule has 0 spiro atoms. The Morgan fingerprint density at radius 1 is 1.17 bits per heavy atom. The predicted octanol–water partition coefficient (Wildman–Crippen LogP) is 4.95. The van der Waals surface area contributed by atoms with Crippen LogP contribution in [0.2, 0.25) is 0 Å². The fourth-order valence-corrected chi connectivity index (χ4v) is 6.08. The number of carbonyl (C=O) groups is 1. The maximum absolute atomic E-state index is 10.8. The van der Waals surface area contributed by atoms with Crippen molar-refractivity contribution in [2.75, 3.05) is 0 Å². The summed E-state index contributed by atoms with van der Waals surface area (Å²) >= 11 is 0. The van der Waals surface area contributed by atoms with Gasteiger partial charge in [-0.1, -0.05) is 50.5 Å². The summed E-state index contributed by atoms with van der Waals surface area (Å²) in [7, 11) is 0. The van der Waals surface area contributed by atoms with Gasteiger partial charge in [-0.05, 0) is 74.5 Å². The van der Waals surface area contributed by atoms with Crippen molar-refractivity contribution < 1.29 is 20.1 Å². The van der Waals surface area contributed by atoms with Crippen molar-refractivity contribution in [2.24, 2.45) is 35.5 Å². The molecule has 2 unspecified atom stereocenters. The molecule has 3 fully saturated rings. The van der Waals surface area contributed by atoms with Crippen LogP contribution in [0.3, 0.4) is 0 Å². The second-order valence-electron chi connectivity index (χ2n) is 10.2. The first-order valence-corrected chi connectivity index (χ1v) is 11.8. The molecule has 0 radical (unpaired) electrons. The van der Waals surface area contributed by atoms with Crippen LogP contribution in [-0.4, -0.2) is 33.5 Å². The molecule has 3 aliphatic rings. The average molecular weight is 405 g/mol. The summed E-state index contributed by atoms with van der Waals surface area (Å²) in [6, 6.07) is 0. The Hall–Kier alpha value is -1.13. The number of aliphatic carboxylic acids is 1. The van der Waals surface area contributed by atoms with Gasteiger partial charge in [0.05, 0.1) is 12.2 Å². The van der Waals surface area contributed by atoms with Gasteiger partial charge < -0.3 is 15.3 Å². The van der Waals surface area contributed by atoms with E-state index in [2.05, 4.69) is 26.0 Å². The van der Waals surface area contributed by atoms with E-state index in [1.807, 2.05) is 6.08 Å². The minimum absolute atomic E-state index is 0.143. The summed E-state index contributed by atoms with van der Waals surface area (Å²) < 4.78 is 0. The van der Waals surface area contributed by atoms with E-state index in [1.165, 1.54) is 18.4 Å².